The Morgan fingerprint density at radius 1 is 1.47 bits per heavy atom. The largest absolute Gasteiger partial charge is 0.464 e. The second-order valence-electron chi connectivity index (χ2n) is 3.03. The van der Waals surface area contributed by atoms with Gasteiger partial charge < -0.3 is 9.72 Å². The van der Waals surface area contributed by atoms with E-state index in [1.54, 1.807) is 12.1 Å². The lowest BCUT2D eigenvalue weighted by molar-refractivity contribution is 0.0595. The highest BCUT2D eigenvalue weighted by atomic mass is 79.9. The predicted octanol–water partition coefficient (Wildman–Crippen LogP) is 3.37. The third-order valence-electron chi connectivity index (χ3n) is 2.07. The van der Waals surface area contributed by atoms with Crippen LogP contribution in [0.4, 0.5) is 0 Å². The van der Waals surface area contributed by atoms with Gasteiger partial charge in [-0.15, -0.1) is 0 Å². The fraction of sp³-hybridized carbons (Fsp3) is 0.100. The number of nitrogens with one attached hydrogen (secondary N) is 1. The van der Waals surface area contributed by atoms with E-state index in [9.17, 15) is 4.79 Å². The Labute approximate surface area is 99.5 Å². The van der Waals surface area contributed by atoms with Crippen molar-refractivity contribution in [3.63, 3.8) is 0 Å². The van der Waals surface area contributed by atoms with E-state index < -0.39 is 5.97 Å². The fourth-order valence-corrected chi connectivity index (χ4v) is 1.86. The number of carbonyl (C=O) groups excluding carboxylic acids is 1. The lowest BCUT2D eigenvalue weighted by Crippen LogP contribution is -2.00. The summed E-state index contributed by atoms with van der Waals surface area (Å²) >= 11 is 9.24. The van der Waals surface area contributed by atoms with Crippen molar-refractivity contribution >= 4 is 44.4 Å². The number of esters is 1. The van der Waals surface area contributed by atoms with Crippen LogP contribution in [0.5, 0.6) is 0 Å². The van der Waals surface area contributed by atoms with Crippen molar-refractivity contribution in [1.29, 1.82) is 0 Å². The molecule has 0 aliphatic heterocycles. The molecule has 5 heteroatoms. The molecule has 0 amide bonds. The van der Waals surface area contributed by atoms with Gasteiger partial charge in [0, 0.05) is 15.4 Å². The third-order valence-corrected chi connectivity index (χ3v) is 3.26. The number of hydrogen-bond donors (Lipinski definition) is 1. The van der Waals surface area contributed by atoms with E-state index in [-0.39, 0.29) is 0 Å². The van der Waals surface area contributed by atoms with Gasteiger partial charge in [-0.05, 0) is 34.1 Å². The van der Waals surface area contributed by atoms with Crippen LogP contribution in [0, 0.1) is 0 Å². The first-order valence-corrected chi connectivity index (χ1v) is 5.35. The Bertz CT molecular complexity index is 496. The van der Waals surface area contributed by atoms with Gasteiger partial charge in [0.15, 0.2) is 0 Å². The quantitative estimate of drug-likeness (QED) is 0.818. The maximum Gasteiger partial charge on any atom is 0.354 e. The Morgan fingerprint density at radius 3 is 2.87 bits per heavy atom. The summed E-state index contributed by atoms with van der Waals surface area (Å²) in [5.41, 5.74) is 1.26. The van der Waals surface area contributed by atoms with E-state index in [1.807, 2.05) is 6.07 Å². The molecule has 2 aromatic rings. The molecule has 0 unspecified atom stereocenters. The van der Waals surface area contributed by atoms with E-state index in [4.69, 9.17) is 11.6 Å². The summed E-state index contributed by atoms with van der Waals surface area (Å²) in [5.74, 6) is -0.390. The van der Waals surface area contributed by atoms with Crippen molar-refractivity contribution < 1.29 is 9.53 Å². The SMILES string of the molecule is COC(=O)c1cc2cc(Cl)c(Br)cc2[nH]1. The van der Waals surface area contributed by atoms with Gasteiger partial charge in [-0.1, -0.05) is 11.6 Å². The normalized spacial score (nSPS) is 10.6. The van der Waals surface area contributed by atoms with Gasteiger partial charge in [-0.3, -0.25) is 0 Å². The monoisotopic (exact) mass is 287 g/mol. The molecule has 0 fully saturated rings. The molecule has 1 aromatic heterocycles. The highest BCUT2D eigenvalue weighted by Crippen LogP contribution is 2.28. The van der Waals surface area contributed by atoms with Gasteiger partial charge in [0.2, 0.25) is 0 Å². The number of benzene rings is 1. The van der Waals surface area contributed by atoms with Gasteiger partial charge in [0.25, 0.3) is 0 Å². The summed E-state index contributed by atoms with van der Waals surface area (Å²) in [5, 5.41) is 1.49. The lowest BCUT2D eigenvalue weighted by atomic mass is 10.2. The van der Waals surface area contributed by atoms with E-state index >= 15 is 0 Å². The van der Waals surface area contributed by atoms with Crippen molar-refractivity contribution in [2.45, 2.75) is 0 Å². The van der Waals surface area contributed by atoms with E-state index in [0.29, 0.717) is 10.7 Å². The lowest BCUT2D eigenvalue weighted by Gasteiger charge is -1.94. The van der Waals surface area contributed by atoms with Crippen LogP contribution in [0.3, 0.4) is 0 Å². The van der Waals surface area contributed by atoms with Crippen LogP contribution in [-0.2, 0) is 4.74 Å². The molecular formula is C10H7BrClNO2. The van der Waals surface area contributed by atoms with Crippen molar-refractivity contribution in [1.82, 2.24) is 4.98 Å². The maximum atomic E-state index is 11.3. The van der Waals surface area contributed by atoms with Crippen LogP contribution >= 0.6 is 27.5 Å². The van der Waals surface area contributed by atoms with E-state index in [1.165, 1.54) is 7.11 Å². The topological polar surface area (TPSA) is 42.1 Å². The number of rotatable bonds is 1. The zero-order chi connectivity index (χ0) is 11.0. The van der Waals surface area contributed by atoms with Crippen LogP contribution < -0.4 is 0 Å². The van der Waals surface area contributed by atoms with Crippen molar-refractivity contribution in [3.8, 4) is 0 Å². The smallest absolute Gasteiger partial charge is 0.354 e. The number of fused-ring (bicyclic) bond motifs is 1. The Hall–Kier alpha value is -1.00. The van der Waals surface area contributed by atoms with Crippen LogP contribution in [0.1, 0.15) is 10.5 Å². The minimum atomic E-state index is -0.390. The standard InChI is InChI=1S/C10H7BrClNO2/c1-15-10(14)9-3-5-2-7(12)6(11)4-8(5)13-9/h2-4,13H,1H3. The molecule has 0 saturated carbocycles. The van der Waals surface area contributed by atoms with Crippen molar-refractivity contribution in [3.05, 3.63) is 33.4 Å². The van der Waals surface area contributed by atoms with E-state index in [0.717, 1.165) is 15.4 Å². The molecule has 15 heavy (non-hydrogen) atoms. The second kappa shape index (κ2) is 3.87. The van der Waals surface area contributed by atoms with Crippen LogP contribution in [0.25, 0.3) is 10.9 Å². The van der Waals surface area contributed by atoms with Gasteiger partial charge in [-0.25, -0.2) is 4.79 Å². The number of H-pyrrole nitrogens is 1. The molecule has 0 aliphatic rings. The molecule has 0 spiro atoms. The van der Waals surface area contributed by atoms with Crippen LogP contribution in [0.15, 0.2) is 22.7 Å². The molecule has 3 nitrogen and oxygen atoms in total. The predicted molar refractivity (Wildman–Crippen MR) is 62.3 cm³/mol. The van der Waals surface area contributed by atoms with Crippen LogP contribution in [0.2, 0.25) is 5.02 Å². The first-order chi connectivity index (χ1) is 7.11. The maximum absolute atomic E-state index is 11.3. The number of aromatic amines is 1. The zero-order valence-corrected chi connectivity index (χ0v) is 10.1. The number of carbonyl (C=O) groups is 1. The van der Waals surface area contributed by atoms with Gasteiger partial charge in [-0.2, -0.15) is 0 Å². The summed E-state index contributed by atoms with van der Waals surface area (Å²) in [4.78, 5) is 14.2. The average molecular weight is 289 g/mol. The third kappa shape index (κ3) is 1.87. The summed E-state index contributed by atoms with van der Waals surface area (Å²) in [6, 6.07) is 5.31. The minimum Gasteiger partial charge on any atom is -0.464 e. The molecule has 0 radical (unpaired) electrons. The highest BCUT2D eigenvalue weighted by molar-refractivity contribution is 9.10. The first-order valence-electron chi connectivity index (χ1n) is 4.18. The molecule has 0 aliphatic carbocycles. The Kier molecular flexibility index (Phi) is 2.71. The number of halogens is 2. The molecular weight excluding hydrogens is 281 g/mol. The summed E-state index contributed by atoms with van der Waals surface area (Å²) in [6.07, 6.45) is 0. The summed E-state index contributed by atoms with van der Waals surface area (Å²) in [7, 11) is 1.34. The molecule has 1 heterocycles. The Morgan fingerprint density at radius 2 is 2.20 bits per heavy atom. The number of hydrogen-bond acceptors (Lipinski definition) is 2. The van der Waals surface area contributed by atoms with Crippen LogP contribution in [-0.4, -0.2) is 18.1 Å². The van der Waals surface area contributed by atoms with Crippen molar-refractivity contribution in [2.24, 2.45) is 0 Å². The molecule has 1 N–H and O–H groups in total. The molecule has 0 bridgehead atoms. The molecule has 1 aromatic carbocycles. The summed E-state index contributed by atoms with van der Waals surface area (Å²) in [6.45, 7) is 0. The Balaban J connectivity index is 2.61. The number of aromatic nitrogens is 1. The molecule has 78 valence electrons. The fourth-order valence-electron chi connectivity index (χ4n) is 1.35. The zero-order valence-electron chi connectivity index (χ0n) is 7.80. The average Bonchev–Trinajstić information content (AvgIpc) is 2.60. The molecule has 0 atom stereocenters. The van der Waals surface area contributed by atoms with E-state index in [2.05, 4.69) is 25.7 Å². The van der Waals surface area contributed by atoms with Gasteiger partial charge in [0.1, 0.15) is 5.69 Å². The summed E-state index contributed by atoms with van der Waals surface area (Å²) < 4.78 is 5.40. The molecule has 0 saturated heterocycles. The van der Waals surface area contributed by atoms with Crippen molar-refractivity contribution in [2.75, 3.05) is 7.11 Å². The number of methoxy groups -OCH3 is 1. The highest BCUT2D eigenvalue weighted by Gasteiger charge is 2.10. The number of ether oxygens (including phenoxy) is 1. The van der Waals surface area contributed by atoms with Gasteiger partial charge >= 0.3 is 5.97 Å². The van der Waals surface area contributed by atoms with Gasteiger partial charge in [0.05, 0.1) is 12.1 Å². The minimum absolute atomic E-state index is 0.390. The first kappa shape index (κ1) is 10.5. The molecule has 2 rings (SSSR count). The second-order valence-corrected chi connectivity index (χ2v) is 4.29.